The van der Waals surface area contributed by atoms with Crippen molar-refractivity contribution in [3.05, 3.63) is 88.1 Å². The van der Waals surface area contributed by atoms with Gasteiger partial charge in [-0.15, -0.1) is 0 Å². The van der Waals surface area contributed by atoms with Crippen molar-refractivity contribution in [1.82, 2.24) is 19.4 Å². The third kappa shape index (κ3) is 6.36. The van der Waals surface area contributed by atoms with Crippen LogP contribution >= 0.6 is 0 Å². The van der Waals surface area contributed by atoms with E-state index in [9.17, 15) is 4.79 Å². The highest BCUT2D eigenvalue weighted by Gasteiger charge is 2.26. The van der Waals surface area contributed by atoms with Crippen molar-refractivity contribution in [2.24, 2.45) is 0 Å². The average Bonchev–Trinajstić information content (AvgIpc) is 3.04. The number of pyridine rings is 1. The highest BCUT2D eigenvalue weighted by molar-refractivity contribution is 5.83. The fourth-order valence-electron chi connectivity index (χ4n) is 6.09. The van der Waals surface area contributed by atoms with Gasteiger partial charge in [-0.2, -0.15) is 0 Å². The number of morpholine rings is 1. The van der Waals surface area contributed by atoms with Crippen molar-refractivity contribution < 1.29 is 9.47 Å². The smallest absolute Gasteiger partial charge is 0.266 e. The summed E-state index contributed by atoms with van der Waals surface area (Å²) in [5, 5.41) is 0.616. The number of nitrogens with zero attached hydrogens (tertiary/aromatic N) is 5. The number of piperidine rings is 1. The van der Waals surface area contributed by atoms with Crippen molar-refractivity contribution in [2.75, 3.05) is 51.4 Å². The molecule has 2 aliphatic rings. The SMILES string of the molecule is COc1cccc(/C=C/c2nc3ccc(N4CCC(N5CCOCC5)CC4)cc3c(=O)n2-c2cccc(C(C)(C)C)c2)n1. The number of anilines is 1. The molecule has 43 heavy (non-hydrogen) atoms. The molecule has 0 bridgehead atoms. The molecule has 0 atom stereocenters. The summed E-state index contributed by atoms with van der Waals surface area (Å²) < 4.78 is 12.6. The molecule has 0 N–H and O–H groups in total. The van der Waals surface area contributed by atoms with Crippen molar-refractivity contribution in [3.63, 3.8) is 0 Å². The highest BCUT2D eigenvalue weighted by Crippen LogP contribution is 2.28. The molecule has 8 nitrogen and oxygen atoms in total. The number of aromatic nitrogens is 3. The minimum absolute atomic E-state index is 0.0646. The molecule has 0 aliphatic carbocycles. The van der Waals surface area contributed by atoms with E-state index in [1.54, 1.807) is 11.7 Å². The van der Waals surface area contributed by atoms with Crippen LogP contribution in [-0.4, -0.2) is 72.0 Å². The molecule has 224 valence electrons. The summed E-state index contributed by atoms with van der Waals surface area (Å²) in [5.41, 5.74) is 4.27. The summed E-state index contributed by atoms with van der Waals surface area (Å²) in [6.45, 7) is 12.2. The lowest BCUT2D eigenvalue weighted by molar-refractivity contribution is 0.0115. The van der Waals surface area contributed by atoms with Crippen molar-refractivity contribution in [1.29, 1.82) is 0 Å². The third-order valence-electron chi connectivity index (χ3n) is 8.60. The number of methoxy groups -OCH3 is 1. The molecule has 4 heterocycles. The van der Waals surface area contributed by atoms with E-state index in [2.05, 4.69) is 53.8 Å². The molecule has 0 spiro atoms. The summed E-state index contributed by atoms with van der Waals surface area (Å²) in [6, 6.07) is 20.5. The number of fused-ring (bicyclic) bond motifs is 1. The van der Waals surface area contributed by atoms with E-state index in [-0.39, 0.29) is 11.0 Å². The van der Waals surface area contributed by atoms with Crippen LogP contribution in [0, 0.1) is 0 Å². The zero-order valence-electron chi connectivity index (χ0n) is 25.6. The monoisotopic (exact) mass is 579 g/mol. The normalized spacial score (nSPS) is 17.2. The van der Waals surface area contributed by atoms with Gasteiger partial charge in [-0.05, 0) is 72.4 Å². The summed E-state index contributed by atoms with van der Waals surface area (Å²) in [7, 11) is 1.60. The number of hydrogen-bond acceptors (Lipinski definition) is 7. The van der Waals surface area contributed by atoms with E-state index in [0.717, 1.165) is 74.9 Å². The van der Waals surface area contributed by atoms with E-state index in [1.165, 1.54) is 0 Å². The van der Waals surface area contributed by atoms with Crippen LogP contribution < -0.4 is 15.2 Å². The lowest BCUT2D eigenvalue weighted by Gasteiger charge is -2.40. The fourth-order valence-corrected chi connectivity index (χ4v) is 6.09. The first-order valence-electron chi connectivity index (χ1n) is 15.2. The van der Waals surface area contributed by atoms with Crippen LogP contribution in [0.3, 0.4) is 0 Å². The van der Waals surface area contributed by atoms with Gasteiger partial charge in [-0.3, -0.25) is 14.3 Å². The van der Waals surface area contributed by atoms with Crippen molar-refractivity contribution in [2.45, 2.75) is 45.1 Å². The molecule has 2 aromatic heterocycles. The number of hydrogen-bond donors (Lipinski definition) is 0. The summed E-state index contributed by atoms with van der Waals surface area (Å²) in [6.07, 6.45) is 5.95. The number of rotatable bonds is 6. The van der Waals surface area contributed by atoms with E-state index in [4.69, 9.17) is 14.5 Å². The van der Waals surface area contributed by atoms with Gasteiger partial charge in [0.1, 0.15) is 5.82 Å². The molecule has 0 radical (unpaired) electrons. The Hall–Kier alpha value is -4.01. The lowest BCUT2D eigenvalue weighted by atomic mass is 9.87. The molecular formula is C35H41N5O3. The maximum absolute atomic E-state index is 14.3. The quantitative estimate of drug-likeness (QED) is 0.296. The van der Waals surface area contributed by atoms with Crippen LogP contribution in [0.25, 0.3) is 28.7 Å². The Morgan fingerprint density at radius 3 is 2.40 bits per heavy atom. The molecule has 0 amide bonds. The summed E-state index contributed by atoms with van der Waals surface area (Å²) >= 11 is 0. The van der Waals surface area contributed by atoms with Crippen LogP contribution in [0.2, 0.25) is 0 Å². The topological polar surface area (TPSA) is 72.7 Å². The second-order valence-electron chi connectivity index (χ2n) is 12.4. The van der Waals surface area contributed by atoms with Gasteiger partial charge in [0, 0.05) is 44.0 Å². The lowest BCUT2D eigenvalue weighted by Crippen LogP contribution is -2.49. The van der Waals surface area contributed by atoms with Crippen LogP contribution in [0.4, 0.5) is 5.69 Å². The Labute approximate surface area is 253 Å². The Morgan fingerprint density at radius 1 is 0.884 bits per heavy atom. The Morgan fingerprint density at radius 2 is 1.65 bits per heavy atom. The van der Waals surface area contributed by atoms with E-state index in [0.29, 0.717) is 28.6 Å². The van der Waals surface area contributed by atoms with E-state index in [1.807, 2.05) is 54.6 Å². The predicted molar refractivity (Wildman–Crippen MR) is 173 cm³/mol. The first kappa shape index (κ1) is 29.1. The second kappa shape index (κ2) is 12.3. The Balaban J connectivity index is 1.38. The Bertz CT molecular complexity index is 1680. The van der Waals surface area contributed by atoms with Gasteiger partial charge < -0.3 is 14.4 Å². The Kier molecular flexibility index (Phi) is 8.32. The highest BCUT2D eigenvalue weighted by atomic mass is 16.5. The van der Waals surface area contributed by atoms with Gasteiger partial charge in [-0.25, -0.2) is 9.97 Å². The molecule has 8 heteroatoms. The predicted octanol–water partition coefficient (Wildman–Crippen LogP) is 5.56. The van der Waals surface area contributed by atoms with Gasteiger partial charge in [0.15, 0.2) is 0 Å². The van der Waals surface area contributed by atoms with Gasteiger partial charge in [0.2, 0.25) is 5.88 Å². The van der Waals surface area contributed by atoms with Crippen LogP contribution in [0.15, 0.2) is 65.5 Å². The maximum Gasteiger partial charge on any atom is 0.266 e. The zero-order chi connectivity index (χ0) is 30.0. The zero-order valence-corrected chi connectivity index (χ0v) is 25.6. The van der Waals surface area contributed by atoms with Crippen LogP contribution in [-0.2, 0) is 10.2 Å². The van der Waals surface area contributed by atoms with Crippen molar-refractivity contribution >= 4 is 28.7 Å². The maximum atomic E-state index is 14.3. The minimum atomic E-state index is -0.0839. The van der Waals surface area contributed by atoms with Gasteiger partial charge >= 0.3 is 0 Å². The molecule has 0 saturated carbocycles. The first-order chi connectivity index (χ1) is 20.8. The summed E-state index contributed by atoms with van der Waals surface area (Å²) in [4.78, 5) is 28.8. The summed E-state index contributed by atoms with van der Waals surface area (Å²) in [5.74, 6) is 1.08. The molecule has 2 aromatic carbocycles. The third-order valence-corrected chi connectivity index (χ3v) is 8.60. The van der Waals surface area contributed by atoms with Gasteiger partial charge in [0.25, 0.3) is 5.56 Å². The first-order valence-corrected chi connectivity index (χ1v) is 15.2. The second-order valence-corrected chi connectivity index (χ2v) is 12.4. The number of benzene rings is 2. The fraction of sp³-hybridized carbons (Fsp3) is 0.400. The molecule has 2 saturated heterocycles. The van der Waals surface area contributed by atoms with Crippen LogP contribution in [0.1, 0.15) is 50.7 Å². The molecular weight excluding hydrogens is 538 g/mol. The largest absolute Gasteiger partial charge is 0.481 e. The molecule has 4 aromatic rings. The van der Waals surface area contributed by atoms with Crippen molar-refractivity contribution in [3.8, 4) is 11.6 Å². The van der Waals surface area contributed by atoms with Gasteiger partial charge in [0.05, 0.1) is 42.6 Å². The molecule has 2 aliphatic heterocycles. The average molecular weight is 580 g/mol. The standard InChI is InChI=1S/C35H41N5O3/c1-35(2,3)25-7-5-9-29(23-25)40-32(14-11-26-8-6-10-33(36-26)42-4)37-31-13-12-28(24-30(31)34(40)41)38-17-15-27(16-18-38)39-19-21-43-22-20-39/h5-14,23-24,27H,15-22H2,1-4H3/b14-11+. The van der Waals surface area contributed by atoms with E-state index >= 15 is 0 Å². The molecule has 0 unspecified atom stereocenters. The minimum Gasteiger partial charge on any atom is -0.481 e. The van der Waals surface area contributed by atoms with Gasteiger partial charge in [-0.1, -0.05) is 39.0 Å². The molecule has 2 fully saturated rings. The van der Waals surface area contributed by atoms with E-state index < -0.39 is 0 Å². The van der Waals surface area contributed by atoms with Crippen LogP contribution in [0.5, 0.6) is 5.88 Å². The molecule has 6 rings (SSSR count). The number of ether oxygens (including phenoxy) is 2.